The molecule has 2 aliphatic rings. The number of ether oxygens (including phenoxy) is 1. The molecular formula is C33H42N4O10S2+2. The third kappa shape index (κ3) is 7.57. The molecule has 1 spiro atoms. The predicted octanol–water partition coefficient (Wildman–Crippen LogP) is 3.93. The first kappa shape index (κ1) is 36.2. The number of nitrogens with one attached hydrogen (secondary N) is 2. The number of carbonyl (C=O) groups excluding carboxylic acids is 2. The quantitative estimate of drug-likeness (QED) is 0.121. The average Bonchev–Trinajstić information content (AvgIpc) is 3.48. The van der Waals surface area contributed by atoms with Gasteiger partial charge in [-0.25, -0.2) is 4.48 Å². The highest BCUT2D eigenvalue weighted by atomic mass is 32.2. The predicted molar refractivity (Wildman–Crippen MR) is 183 cm³/mol. The van der Waals surface area contributed by atoms with Crippen LogP contribution in [0.2, 0.25) is 0 Å². The lowest BCUT2D eigenvalue weighted by molar-refractivity contribution is -0.677. The zero-order chi connectivity index (χ0) is 35.9. The Balaban J connectivity index is 1.61. The smallest absolute Gasteiger partial charge is 0.374 e. The normalized spacial score (nSPS) is 20.1. The van der Waals surface area contributed by atoms with Gasteiger partial charge in [0.15, 0.2) is 18.0 Å². The van der Waals surface area contributed by atoms with Gasteiger partial charge < -0.3 is 19.8 Å². The van der Waals surface area contributed by atoms with E-state index in [0.717, 1.165) is 0 Å². The van der Waals surface area contributed by atoms with Crippen molar-refractivity contribution in [3.05, 3.63) is 70.9 Å². The summed E-state index contributed by atoms with van der Waals surface area (Å²) in [5.74, 6) is -0.218. The fourth-order valence-electron chi connectivity index (χ4n) is 6.15. The van der Waals surface area contributed by atoms with Crippen molar-refractivity contribution in [2.24, 2.45) is 0 Å². The van der Waals surface area contributed by atoms with Crippen molar-refractivity contribution >= 4 is 54.9 Å². The number of allylic oxidation sites excluding steroid dienone is 2. The summed E-state index contributed by atoms with van der Waals surface area (Å²) in [6.45, 7) is 9.62. The number of oxazole rings is 1. The van der Waals surface area contributed by atoms with Crippen LogP contribution in [0.4, 0.5) is 5.69 Å². The fourth-order valence-corrected chi connectivity index (χ4v) is 7.83. The van der Waals surface area contributed by atoms with Crippen molar-refractivity contribution < 1.29 is 49.3 Å². The van der Waals surface area contributed by atoms with Crippen molar-refractivity contribution in [1.29, 1.82) is 0 Å². The number of rotatable bonds is 12. The lowest BCUT2D eigenvalue weighted by atomic mass is 10.0. The topological polar surface area (TPSA) is 193 Å². The SMILES string of the molecule is CCC(=Cc1oc2ccc(C(=O)NC(C)C)cc2[n+]1CCCS(=O)(=O)O)C=C1Oc2ccc(C(=O)NC(C)C)cc2[N+]12CCC2S(=O)(=O)O. The second kappa shape index (κ2) is 13.7. The van der Waals surface area contributed by atoms with E-state index in [1.165, 1.54) is 0 Å². The molecule has 16 heteroatoms. The number of hydrogen-bond acceptors (Lipinski definition) is 8. The maximum atomic E-state index is 12.9. The summed E-state index contributed by atoms with van der Waals surface area (Å²) in [5, 5.41) is 4.42. The Morgan fingerprint density at radius 3 is 2.18 bits per heavy atom. The van der Waals surface area contributed by atoms with E-state index in [-0.39, 0.29) is 60.2 Å². The zero-order valence-electron chi connectivity index (χ0n) is 28.0. The summed E-state index contributed by atoms with van der Waals surface area (Å²) < 4.78 is 81.8. The van der Waals surface area contributed by atoms with E-state index in [4.69, 9.17) is 9.15 Å². The highest BCUT2D eigenvalue weighted by Crippen LogP contribution is 2.53. The molecule has 4 N–H and O–H groups in total. The second-order valence-corrected chi connectivity index (χ2v) is 16.0. The van der Waals surface area contributed by atoms with Crippen LogP contribution >= 0.6 is 0 Å². The lowest BCUT2D eigenvalue weighted by Gasteiger charge is -2.45. The molecule has 49 heavy (non-hydrogen) atoms. The Labute approximate surface area is 285 Å². The number of fused-ring (bicyclic) bond motifs is 3. The number of amides is 2. The molecule has 0 saturated carbocycles. The molecule has 0 bridgehead atoms. The summed E-state index contributed by atoms with van der Waals surface area (Å²) in [5.41, 5.74) is 2.71. The number of quaternary nitrogens is 1. The first-order valence-corrected chi connectivity index (χ1v) is 19.2. The van der Waals surface area contributed by atoms with Crippen LogP contribution < -0.4 is 24.4 Å². The maximum Gasteiger partial charge on any atom is 0.374 e. The Bertz CT molecular complexity index is 2080. The van der Waals surface area contributed by atoms with Gasteiger partial charge in [0.2, 0.25) is 11.0 Å². The van der Waals surface area contributed by atoms with E-state index < -0.39 is 31.4 Å². The second-order valence-electron chi connectivity index (χ2n) is 12.9. The molecule has 2 unspecified atom stereocenters. The Kier molecular flexibility index (Phi) is 10.1. The summed E-state index contributed by atoms with van der Waals surface area (Å²) in [4.78, 5) is 25.7. The van der Waals surface area contributed by atoms with Crippen LogP contribution in [0.5, 0.6) is 5.75 Å². The molecule has 1 saturated heterocycles. The third-order valence-corrected chi connectivity index (χ3v) is 10.6. The first-order valence-electron chi connectivity index (χ1n) is 16.1. The fraction of sp³-hybridized carbons (Fsp3) is 0.424. The molecule has 2 aliphatic heterocycles. The Morgan fingerprint density at radius 1 is 1.00 bits per heavy atom. The molecule has 0 aliphatic carbocycles. The van der Waals surface area contributed by atoms with Crippen molar-refractivity contribution in [1.82, 2.24) is 15.1 Å². The van der Waals surface area contributed by atoms with Gasteiger partial charge in [0.25, 0.3) is 27.4 Å². The van der Waals surface area contributed by atoms with Crippen molar-refractivity contribution in [3.8, 4) is 5.75 Å². The van der Waals surface area contributed by atoms with Gasteiger partial charge >= 0.3 is 21.9 Å². The monoisotopic (exact) mass is 718 g/mol. The highest BCUT2D eigenvalue weighted by Gasteiger charge is 2.63. The van der Waals surface area contributed by atoms with Gasteiger partial charge in [0.05, 0.1) is 24.8 Å². The van der Waals surface area contributed by atoms with E-state index in [1.54, 1.807) is 53.1 Å². The van der Waals surface area contributed by atoms with Crippen molar-refractivity contribution in [2.45, 2.75) is 77.9 Å². The number of nitrogens with zero attached hydrogens (tertiary/aromatic N) is 2. The molecule has 264 valence electrons. The van der Waals surface area contributed by atoms with Gasteiger partial charge in [0, 0.05) is 47.8 Å². The van der Waals surface area contributed by atoms with Crippen molar-refractivity contribution in [2.75, 3.05) is 12.3 Å². The van der Waals surface area contributed by atoms with Gasteiger partial charge in [-0.1, -0.05) is 6.92 Å². The largest absolute Gasteiger partial charge is 0.406 e. The molecule has 2 aromatic carbocycles. The lowest BCUT2D eigenvalue weighted by Crippen LogP contribution is -2.67. The van der Waals surface area contributed by atoms with Gasteiger partial charge in [-0.3, -0.25) is 18.7 Å². The van der Waals surface area contributed by atoms with E-state index in [9.17, 15) is 35.5 Å². The summed E-state index contributed by atoms with van der Waals surface area (Å²) in [6.07, 6.45) is 4.02. The Morgan fingerprint density at radius 2 is 1.63 bits per heavy atom. The van der Waals surface area contributed by atoms with Crippen LogP contribution in [-0.4, -0.2) is 67.5 Å². The van der Waals surface area contributed by atoms with Crippen molar-refractivity contribution in [3.63, 3.8) is 0 Å². The van der Waals surface area contributed by atoms with Crippen LogP contribution in [0.3, 0.4) is 0 Å². The van der Waals surface area contributed by atoms with Crippen LogP contribution in [-0.2, 0) is 26.8 Å². The molecule has 5 rings (SSSR count). The summed E-state index contributed by atoms with van der Waals surface area (Å²) in [6, 6.07) is 9.48. The molecule has 2 amide bonds. The van der Waals surface area contributed by atoms with Crippen LogP contribution in [0.15, 0.2) is 58.3 Å². The molecule has 0 radical (unpaired) electrons. The van der Waals surface area contributed by atoms with Gasteiger partial charge in [-0.05, 0) is 64.0 Å². The Hall–Kier alpha value is -4.09. The highest BCUT2D eigenvalue weighted by molar-refractivity contribution is 7.86. The zero-order valence-corrected chi connectivity index (χ0v) is 29.6. The summed E-state index contributed by atoms with van der Waals surface area (Å²) >= 11 is 0. The maximum absolute atomic E-state index is 12.9. The van der Waals surface area contributed by atoms with E-state index in [2.05, 4.69) is 10.6 Å². The molecule has 1 fully saturated rings. The minimum Gasteiger partial charge on any atom is -0.406 e. The molecular weight excluding hydrogens is 677 g/mol. The average molecular weight is 719 g/mol. The summed E-state index contributed by atoms with van der Waals surface area (Å²) in [7, 11) is -8.78. The molecule has 14 nitrogen and oxygen atoms in total. The van der Waals surface area contributed by atoms with E-state index >= 15 is 0 Å². The minimum atomic E-state index is -4.55. The number of aryl methyl sites for hydroxylation is 1. The standard InChI is InChI=1S/C33H40N4O10S2/c1-6-22(16-29-36(13-7-15-48(40,41)42)25-18-23(8-10-27(25)46-29)32(38)34-20(2)3)17-30-37(14-12-31(37)49(43,44)45)26-19-24(9-11-28(26)47-30)33(39)35-21(4)5/h8-11,16-21,31H,6-7,12-15H2,1-5H3,(H2-2,34,35,38,39,40,41,42,43,44,45)/p+2. The third-order valence-electron chi connectivity index (χ3n) is 8.47. The number of carbonyl (C=O) groups is 2. The minimum absolute atomic E-state index is 0.0467. The molecule has 2 atom stereocenters. The van der Waals surface area contributed by atoms with Gasteiger partial charge in [-0.2, -0.15) is 21.4 Å². The molecule has 1 aromatic heterocycles. The van der Waals surface area contributed by atoms with E-state index in [1.807, 2.05) is 34.6 Å². The van der Waals surface area contributed by atoms with E-state index in [0.29, 0.717) is 51.5 Å². The van der Waals surface area contributed by atoms with Gasteiger partial charge in [0.1, 0.15) is 0 Å². The van der Waals surface area contributed by atoms with Crippen LogP contribution in [0.25, 0.3) is 17.2 Å². The number of benzene rings is 2. The first-order chi connectivity index (χ1) is 22.9. The van der Waals surface area contributed by atoms with Crippen LogP contribution in [0, 0.1) is 0 Å². The van der Waals surface area contributed by atoms with Gasteiger partial charge in [-0.15, -0.1) is 0 Å². The number of hydrogen-bond donors (Lipinski definition) is 4. The molecule has 3 aromatic rings. The number of aromatic nitrogens is 1. The van der Waals surface area contributed by atoms with Crippen LogP contribution in [0.1, 0.15) is 80.5 Å². The molecule has 3 heterocycles.